The van der Waals surface area contributed by atoms with Crippen molar-refractivity contribution in [3.63, 3.8) is 0 Å². The maximum atomic E-state index is 12.1. The van der Waals surface area contributed by atoms with Gasteiger partial charge >= 0.3 is 0 Å². The summed E-state index contributed by atoms with van der Waals surface area (Å²) in [4.78, 5) is 14.0. The number of amides is 1. The SMILES string of the molecule is CCC1CN(C(=O)CCOC2CCNCC2)CCO1. The van der Waals surface area contributed by atoms with Gasteiger partial charge in [-0.3, -0.25) is 4.79 Å². The van der Waals surface area contributed by atoms with Gasteiger partial charge in [0.2, 0.25) is 5.91 Å². The Balaban J connectivity index is 1.63. The zero-order valence-electron chi connectivity index (χ0n) is 11.9. The van der Waals surface area contributed by atoms with Gasteiger partial charge in [0.05, 0.1) is 31.8 Å². The number of morpholine rings is 1. The lowest BCUT2D eigenvalue weighted by Crippen LogP contribution is -2.45. The van der Waals surface area contributed by atoms with E-state index in [-0.39, 0.29) is 12.0 Å². The summed E-state index contributed by atoms with van der Waals surface area (Å²) in [7, 11) is 0. The third-order valence-electron chi connectivity index (χ3n) is 3.90. The number of ether oxygens (including phenoxy) is 2. The van der Waals surface area contributed by atoms with Gasteiger partial charge < -0.3 is 19.7 Å². The average molecular weight is 270 g/mol. The second kappa shape index (κ2) is 7.82. The van der Waals surface area contributed by atoms with Gasteiger partial charge in [-0.05, 0) is 32.4 Å². The van der Waals surface area contributed by atoms with Crippen LogP contribution in [0.3, 0.4) is 0 Å². The lowest BCUT2D eigenvalue weighted by atomic mass is 10.1. The fraction of sp³-hybridized carbons (Fsp3) is 0.929. The highest BCUT2D eigenvalue weighted by Crippen LogP contribution is 2.11. The van der Waals surface area contributed by atoms with E-state index in [9.17, 15) is 4.79 Å². The van der Waals surface area contributed by atoms with Crippen LogP contribution >= 0.6 is 0 Å². The highest BCUT2D eigenvalue weighted by Gasteiger charge is 2.23. The molecule has 0 aromatic heterocycles. The number of carbonyl (C=O) groups excluding carboxylic acids is 1. The van der Waals surface area contributed by atoms with E-state index in [0.717, 1.165) is 45.4 Å². The Labute approximate surface area is 115 Å². The summed E-state index contributed by atoms with van der Waals surface area (Å²) in [6, 6.07) is 0. The summed E-state index contributed by atoms with van der Waals surface area (Å²) < 4.78 is 11.4. The minimum absolute atomic E-state index is 0.204. The van der Waals surface area contributed by atoms with E-state index < -0.39 is 0 Å². The van der Waals surface area contributed by atoms with Crippen LogP contribution in [0, 0.1) is 0 Å². The molecule has 2 aliphatic rings. The molecule has 2 rings (SSSR count). The number of nitrogens with zero attached hydrogens (tertiary/aromatic N) is 1. The second-order valence-electron chi connectivity index (χ2n) is 5.31. The number of nitrogens with one attached hydrogen (secondary N) is 1. The minimum atomic E-state index is 0.204. The van der Waals surface area contributed by atoms with E-state index in [1.807, 2.05) is 4.90 Å². The molecule has 0 aliphatic carbocycles. The van der Waals surface area contributed by atoms with E-state index >= 15 is 0 Å². The van der Waals surface area contributed by atoms with Crippen molar-refractivity contribution in [2.45, 2.75) is 44.8 Å². The highest BCUT2D eigenvalue weighted by atomic mass is 16.5. The molecule has 0 aromatic carbocycles. The smallest absolute Gasteiger partial charge is 0.225 e. The zero-order valence-corrected chi connectivity index (χ0v) is 11.9. The Kier molecular flexibility index (Phi) is 6.07. The number of piperidine rings is 1. The summed E-state index contributed by atoms with van der Waals surface area (Å²) in [5.74, 6) is 0.204. The molecule has 5 heteroatoms. The predicted molar refractivity (Wildman–Crippen MR) is 73.1 cm³/mol. The number of hydrogen-bond donors (Lipinski definition) is 1. The van der Waals surface area contributed by atoms with Crippen molar-refractivity contribution < 1.29 is 14.3 Å². The molecule has 19 heavy (non-hydrogen) atoms. The van der Waals surface area contributed by atoms with Crippen molar-refractivity contribution in [2.24, 2.45) is 0 Å². The fourth-order valence-electron chi connectivity index (χ4n) is 2.63. The Morgan fingerprint density at radius 3 is 2.95 bits per heavy atom. The van der Waals surface area contributed by atoms with Gasteiger partial charge in [0.1, 0.15) is 0 Å². The largest absolute Gasteiger partial charge is 0.378 e. The molecule has 0 bridgehead atoms. The average Bonchev–Trinajstić information content (AvgIpc) is 2.48. The van der Waals surface area contributed by atoms with Gasteiger partial charge in [-0.1, -0.05) is 6.92 Å². The van der Waals surface area contributed by atoms with Crippen molar-refractivity contribution >= 4 is 5.91 Å². The summed E-state index contributed by atoms with van der Waals surface area (Å²) in [6.07, 6.45) is 4.13. The molecule has 110 valence electrons. The Morgan fingerprint density at radius 1 is 1.42 bits per heavy atom. The van der Waals surface area contributed by atoms with Gasteiger partial charge in [-0.15, -0.1) is 0 Å². The summed E-state index contributed by atoms with van der Waals surface area (Å²) in [5.41, 5.74) is 0. The first-order valence-corrected chi connectivity index (χ1v) is 7.51. The van der Waals surface area contributed by atoms with Crippen molar-refractivity contribution in [3.8, 4) is 0 Å². The topological polar surface area (TPSA) is 50.8 Å². The Hall–Kier alpha value is -0.650. The molecule has 5 nitrogen and oxygen atoms in total. The molecule has 2 saturated heterocycles. The molecule has 1 unspecified atom stereocenters. The van der Waals surface area contributed by atoms with Gasteiger partial charge in [0.25, 0.3) is 0 Å². The lowest BCUT2D eigenvalue weighted by Gasteiger charge is -2.32. The van der Waals surface area contributed by atoms with Crippen LogP contribution in [0.4, 0.5) is 0 Å². The van der Waals surface area contributed by atoms with Crippen molar-refractivity contribution in [3.05, 3.63) is 0 Å². The first-order valence-electron chi connectivity index (χ1n) is 7.51. The molecule has 2 aliphatic heterocycles. The van der Waals surface area contributed by atoms with Crippen molar-refractivity contribution in [2.75, 3.05) is 39.4 Å². The second-order valence-corrected chi connectivity index (χ2v) is 5.31. The highest BCUT2D eigenvalue weighted by molar-refractivity contribution is 5.76. The molecule has 1 atom stereocenters. The van der Waals surface area contributed by atoms with E-state index in [1.54, 1.807) is 0 Å². The zero-order chi connectivity index (χ0) is 13.5. The standard InChI is InChI=1S/C14H26N2O3/c1-2-12-11-16(8-10-19-12)14(17)5-9-18-13-3-6-15-7-4-13/h12-13,15H,2-11H2,1H3. The molecule has 0 spiro atoms. The molecule has 0 radical (unpaired) electrons. The molecule has 2 heterocycles. The molecular weight excluding hydrogens is 244 g/mol. The molecule has 2 fully saturated rings. The Morgan fingerprint density at radius 2 is 2.21 bits per heavy atom. The fourth-order valence-corrected chi connectivity index (χ4v) is 2.63. The molecule has 0 aromatic rings. The van der Waals surface area contributed by atoms with E-state index in [2.05, 4.69) is 12.2 Å². The van der Waals surface area contributed by atoms with Crippen LogP contribution in [0.5, 0.6) is 0 Å². The number of hydrogen-bond acceptors (Lipinski definition) is 4. The van der Waals surface area contributed by atoms with E-state index in [0.29, 0.717) is 25.7 Å². The summed E-state index contributed by atoms with van der Waals surface area (Å²) >= 11 is 0. The first-order chi connectivity index (χ1) is 9.29. The minimum Gasteiger partial charge on any atom is -0.378 e. The number of carbonyl (C=O) groups is 1. The van der Waals surface area contributed by atoms with E-state index in [1.165, 1.54) is 0 Å². The van der Waals surface area contributed by atoms with Gasteiger partial charge in [0.15, 0.2) is 0 Å². The van der Waals surface area contributed by atoms with Crippen molar-refractivity contribution in [1.29, 1.82) is 0 Å². The molecule has 1 N–H and O–H groups in total. The quantitative estimate of drug-likeness (QED) is 0.802. The van der Waals surface area contributed by atoms with Crippen LogP contribution < -0.4 is 5.32 Å². The molecule has 1 amide bonds. The van der Waals surface area contributed by atoms with Gasteiger partial charge in [-0.2, -0.15) is 0 Å². The third kappa shape index (κ3) is 4.75. The maximum Gasteiger partial charge on any atom is 0.225 e. The van der Waals surface area contributed by atoms with Crippen LogP contribution in [0.15, 0.2) is 0 Å². The maximum absolute atomic E-state index is 12.1. The lowest BCUT2D eigenvalue weighted by molar-refractivity contribution is -0.140. The van der Waals surface area contributed by atoms with Crippen molar-refractivity contribution in [1.82, 2.24) is 10.2 Å². The van der Waals surface area contributed by atoms with E-state index in [4.69, 9.17) is 9.47 Å². The van der Waals surface area contributed by atoms with Gasteiger partial charge in [-0.25, -0.2) is 0 Å². The third-order valence-corrected chi connectivity index (χ3v) is 3.90. The summed E-state index contributed by atoms with van der Waals surface area (Å²) in [6.45, 7) is 6.84. The monoisotopic (exact) mass is 270 g/mol. The Bertz CT molecular complexity index is 280. The van der Waals surface area contributed by atoms with Crippen LogP contribution in [0.1, 0.15) is 32.6 Å². The van der Waals surface area contributed by atoms with Crippen LogP contribution in [0.25, 0.3) is 0 Å². The number of rotatable bonds is 5. The van der Waals surface area contributed by atoms with Crippen LogP contribution in [0.2, 0.25) is 0 Å². The van der Waals surface area contributed by atoms with Gasteiger partial charge in [0, 0.05) is 13.1 Å². The first kappa shape index (κ1) is 14.8. The van der Waals surface area contributed by atoms with Crippen LogP contribution in [-0.4, -0.2) is 62.4 Å². The van der Waals surface area contributed by atoms with Crippen LogP contribution in [-0.2, 0) is 14.3 Å². The predicted octanol–water partition coefficient (Wildman–Crippen LogP) is 0.783. The molecule has 0 saturated carbocycles. The normalized spacial score (nSPS) is 25.5. The molecular formula is C14H26N2O3. The summed E-state index contributed by atoms with van der Waals surface area (Å²) in [5, 5.41) is 3.31.